The maximum absolute atomic E-state index is 12.8. The number of carbonyl (C=O) groups excluding carboxylic acids is 3. The van der Waals surface area contributed by atoms with E-state index in [-0.39, 0.29) is 37.5 Å². The van der Waals surface area contributed by atoms with E-state index in [0.717, 1.165) is 89.9 Å². The number of rotatable bonds is 46. The van der Waals surface area contributed by atoms with Crippen molar-refractivity contribution in [1.29, 1.82) is 0 Å². The zero-order chi connectivity index (χ0) is 45.1. The molecule has 6 heteroatoms. The lowest BCUT2D eigenvalue weighted by Gasteiger charge is -2.18. The van der Waals surface area contributed by atoms with E-state index in [9.17, 15) is 14.4 Å². The van der Waals surface area contributed by atoms with Crippen LogP contribution in [0.3, 0.4) is 0 Å². The smallest absolute Gasteiger partial charge is 0.306 e. The molecule has 0 N–H and O–H groups in total. The summed E-state index contributed by atoms with van der Waals surface area (Å²) in [6.07, 6.45) is 63.1. The van der Waals surface area contributed by atoms with Crippen LogP contribution in [0.2, 0.25) is 0 Å². The lowest BCUT2D eigenvalue weighted by atomic mass is 10.0. The van der Waals surface area contributed by atoms with Crippen LogP contribution >= 0.6 is 0 Å². The largest absolute Gasteiger partial charge is 0.462 e. The van der Waals surface area contributed by atoms with Crippen LogP contribution in [0.5, 0.6) is 0 Å². The van der Waals surface area contributed by atoms with Gasteiger partial charge in [-0.15, -0.1) is 0 Å². The lowest BCUT2D eigenvalue weighted by Crippen LogP contribution is -2.30. The molecule has 0 amide bonds. The molecule has 0 aromatic carbocycles. The van der Waals surface area contributed by atoms with Gasteiger partial charge >= 0.3 is 17.9 Å². The fourth-order valence-electron chi connectivity index (χ4n) is 6.98. The normalized spacial score (nSPS) is 12.6. The number of ether oxygens (including phenoxy) is 3. The van der Waals surface area contributed by atoms with Gasteiger partial charge in [-0.3, -0.25) is 14.4 Å². The third kappa shape index (κ3) is 47.9. The Kier molecular flexibility index (Phi) is 47.9. The highest BCUT2D eigenvalue weighted by molar-refractivity contribution is 5.71. The van der Waals surface area contributed by atoms with Crippen LogP contribution in [0.15, 0.2) is 72.9 Å². The predicted octanol–water partition coefficient (Wildman–Crippen LogP) is 17.0. The van der Waals surface area contributed by atoms with Gasteiger partial charge in [0.05, 0.1) is 0 Å². The molecule has 0 saturated carbocycles. The zero-order valence-electron chi connectivity index (χ0n) is 40.6. The Hall–Kier alpha value is -3.15. The molecular weight excluding hydrogens is 769 g/mol. The first-order chi connectivity index (χ1) is 30.5. The minimum atomic E-state index is -0.802. The van der Waals surface area contributed by atoms with Gasteiger partial charge in [0.15, 0.2) is 6.10 Å². The summed E-state index contributed by atoms with van der Waals surface area (Å²) in [4.78, 5) is 37.9. The molecule has 0 spiro atoms. The van der Waals surface area contributed by atoms with E-state index in [4.69, 9.17) is 14.2 Å². The van der Waals surface area contributed by atoms with Crippen molar-refractivity contribution in [2.24, 2.45) is 0 Å². The Morgan fingerprint density at radius 3 is 1.05 bits per heavy atom. The van der Waals surface area contributed by atoms with Gasteiger partial charge in [-0.1, -0.05) is 216 Å². The summed E-state index contributed by atoms with van der Waals surface area (Å²) in [6.45, 7) is 6.51. The van der Waals surface area contributed by atoms with E-state index in [0.29, 0.717) is 19.3 Å². The van der Waals surface area contributed by atoms with Gasteiger partial charge in [-0.05, 0) is 83.5 Å². The van der Waals surface area contributed by atoms with Crippen molar-refractivity contribution in [3.05, 3.63) is 72.9 Å². The average molecular weight is 865 g/mol. The molecule has 1 atom stereocenters. The minimum absolute atomic E-state index is 0.0967. The van der Waals surface area contributed by atoms with Crippen LogP contribution < -0.4 is 0 Å². The zero-order valence-corrected chi connectivity index (χ0v) is 40.6. The molecule has 0 aromatic rings. The van der Waals surface area contributed by atoms with Crippen molar-refractivity contribution in [1.82, 2.24) is 0 Å². The fraction of sp³-hybridized carbons (Fsp3) is 0.732. The molecule has 0 fully saturated rings. The molecule has 0 unspecified atom stereocenters. The number of hydrogen-bond acceptors (Lipinski definition) is 6. The first-order valence-electron chi connectivity index (χ1n) is 25.9. The summed E-state index contributed by atoms with van der Waals surface area (Å²) < 4.78 is 16.7. The Morgan fingerprint density at radius 1 is 0.323 bits per heavy atom. The van der Waals surface area contributed by atoms with Gasteiger partial charge < -0.3 is 14.2 Å². The van der Waals surface area contributed by atoms with Crippen molar-refractivity contribution in [2.45, 2.75) is 252 Å². The van der Waals surface area contributed by atoms with E-state index in [2.05, 4.69) is 93.7 Å². The minimum Gasteiger partial charge on any atom is -0.462 e. The van der Waals surface area contributed by atoms with Gasteiger partial charge in [-0.2, -0.15) is 0 Å². The fourth-order valence-corrected chi connectivity index (χ4v) is 6.98. The highest BCUT2D eigenvalue weighted by Crippen LogP contribution is 2.14. The second-order valence-corrected chi connectivity index (χ2v) is 17.1. The summed E-state index contributed by atoms with van der Waals surface area (Å²) >= 11 is 0. The van der Waals surface area contributed by atoms with Gasteiger partial charge in [0, 0.05) is 19.3 Å². The second kappa shape index (κ2) is 50.5. The Morgan fingerprint density at radius 2 is 0.613 bits per heavy atom. The Bertz CT molecular complexity index is 1180. The number of allylic oxidation sites excluding steroid dienone is 12. The maximum Gasteiger partial charge on any atom is 0.306 e. The molecule has 356 valence electrons. The van der Waals surface area contributed by atoms with E-state index in [1.807, 2.05) is 0 Å². The van der Waals surface area contributed by atoms with Crippen LogP contribution in [-0.4, -0.2) is 37.2 Å². The van der Waals surface area contributed by atoms with Gasteiger partial charge in [0.1, 0.15) is 13.2 Å². The van der Waals surface area contributed by atoms with Crippen LogP contribution in [0.4, 0.5) is 0 Å². The molecule has 0 radical (unpaired) electrons. The molecule has 0 saturated heterocycles. The van der Waals surface area contributed by atoms with Crippen molar-refractivity contribution in [2.75, 3.05) is 13.2 Å². The van der Waals surface area contributed by atoms with Crippen molar-refractivity contribution >= 4 is 17.9 Å². The molecule has 6 nitrogen and oxygen atoms in total. The molecule has 0 aromatic heterocycles. The van der Waals surface area contributed by atoms with Crippen molar-refractivity contribution in [3.8, 4) is 0 Å². The summed E-state index contributed by atoms with van der Waals surface area (Å²) in [7, 11) is 0. The SMILES string of the molecule is CCCC/C=C\C/C=C\CCCCCCCC(=O)O[C@@H](COC(=O)CCC/C=C\C/C=C\C/C=C\C/C=C\CCCCC)COC(=O)CCCCCCCCCCCCCCC. The van der Waals surface area contributed by atoms with E-state index >= 15 is 0 Å². The van der Waals surface area contributed by atoms with Crippen molar-refractivity contribution < 1.29 is 28.6 Å². The van der Waals surface area contributed by atoms with Crippen LogP contribution in [0.1, 0.15) is 245 Å². The monoisotopic (exact) mass is 865 g/mol. The predicted molar refractivity (Wildman–Crippen MR) is 265 cm³/mol. The van der Waals surface area contributed by atoms with Gasteiger partial charge in [-0.25, -0.2) is 0 Å². The van der Waals surface area contributed by atoms with Crippen LogP contribution in [-0.2, 0) is 28.6 Å². The quantitative estimate of drug-likeness (QED) is 0.0262. The number of esters is 3. The molecule has 0 aliphatic heterocycles. The van der Waals surface area contributed by atoms with Crippen molar-refractivity contribution in [3.63, 3.8) is 0 Å². The molecule has 0 aliphatic rings. The highest BCUT2D eigenvalue weighted by Gasteiger charge is 2.19. The molecule has 0 rings (SSSR count). The molecule has 0 aliphatic carbocycles. The number of unbranched alkanes of at least 4 members (excludes halogenated alkanes) is 23. The molecule has 0 bridgehead atoms. The summed E-state index contributed by atoms with van der Waals surface area (Å²) in [5, 5.41) is 0. The first-order valence-corrected chi connectivity index (χ1v) is 25.9. The third-order valence-electron chi connectivity index (χ3n) is 10.9. The molecule has 62 heavy (non-hydrogen) atoms. The molecule has 0 heterocycles. The maximum atomic E-state index is 12.8. The third-order valence-corrected chi connectivity index (χ3v) is 10.9. The summed E-state index contributed by atoms with van der Waals surface area (Å²) in [5.74, 6) is -0.967. The lowest BCUT2D eigenvalue weighted by molar-refractivity contribution is -0.167. The standard InChI is InChI=1S/C56H96O6/c1-4-7-10-13-16-19-22-25-27-28-29-32-34-37-40-43-46-49-55(58)61-52-53(51-60-54(57)48-45-42-39-36-33-30-24-21-18-15-12-9-6-3)62-56(59)50-47-44-41-38-35-31-26-23-20-17-14-11-8-5-2/h14,16-17,19,23,25-27,29,32,37,40,53H,4-13,15,18,20-22,24,28,30-31,33-36,38-39,41-52H2,1-3H3/b17-14-,19-16-,26-23-,27-25-,32-29-,40-37-/t53-/m1/s1. The second-order valence-electron chi connectivity index (χ2n) is 17.1. The topological polar surface area (TPSA) is 78.9 Å². The van der Waals surface area contributed by atoms with E-state index in [1.165, 1.54) is 109 Å². The van der Waals surface area contributed by atoms with E-state index in [1.54, 1.807) is 0 Å². The number of hydrogen-bond donors (Lipinski definition) is 0. The molecular formula is C56H96O6. The first kappa shape index (κ1) is 58.9. The Balaban J connectivity index is 4.48. The Labute approximate surface area is 382 Å². The number of carbonyl (C=O) groups is 3. The van der Waals surface area contributed by atoms with Crippen LogP contribution in [0.25, 0.3) is 0 Å². The van der Waals surface area contributed by atoms with E-state index < -0.39 is 6.10 Å². The highest BCUT2D eigenvalue weighted by atomic mass is 16.6. The summed E-state index contributed by atoms with van der Waals surface area (Å²) in [5.41, 5.74) is 0. The summed E-state index contributed by atoms with van der Waals surface area (Å²) in [6, 6.07) is 0. The van der Waals surface area contributed by atoms with Gasteiger partial charge in [0.25, 0.3) is 0 Å². The average Bonchev–Trinajstić information content (AvgIpc) is 3.27. The van der Waals surface area contributed by atoms with Gasteiger partial charge in [0.2, 0.25) is 0 Å². The van der Waals surface area contributed by atoms with Crippen LogP contribution in [0, 0.1) is 0 Å².